The summed E-state index contributed by atoms with van der Waals surface area (Å²) >= 11 is 12.1. The molecule has 1 aromatic carbocycles. The molecule has 1 atom stereocenters. The van der Waals surface area contributed by atoms with Gasteiger partial charge in [0, 0.05) is 10.0 Å². The van der Waals surface area contributed by atoms with Crippen LogP contribution in [-0.2, 0) is 9.53 Å². The van der Waals surface area contributed by atoms with Gasteiger partial charge in [0.05, 0.1) is 17.1 Å². The van der Waals surface area contributed by atoms with Crippen LogP contribution in [0.25, 0.3) is 0 Å². The Balaban J connectivity index is 1.87. The van der Waals surface area contributed by atoms with E-state index < -0.39 is 12.0 Å². The lowest BCUT2D eigenvalue weighted by Gasteiger charge is -2.14. The van der Waals surface area contributed by atoms with Crippen LogP contribution in [-0.4, -0.2) is 38.7 Å². The second-order valence-electron chi connectivity index (χ2n) is 6.72. The quantitative estimate of drug-likeness (QED) is 0.631. The average molecular weight is 438 g/mol. The highest BCUT2D eigenvalue weighted by atomic mass is 35.5. The number of hydrogen-bond acceptors (Lipinski definition) is 6. The highest BCUT2D eigenvalue weighted by Gasteiger charge is 2.38. The molecular weight excluding hydrogens is 417 g/mol. The standard InChI is InChI=1S/C19H21Cl2N5O3/c1-5-15(6-2)29-19(28)16-10(3)23-26(24-16)17-11(4)22-25(18(17)27)14-8-12(20)7-13(21)9-14/h7-9,15,17H,5-6H2,1-4H3. The molecule has 10 heteroatoms. The van der Waals surface area contributed by atoms with Crippen molar-refractivity contribution in [3.05, 3.63) is 39.6 Å². The van der Waals surface area contributed by atoms with Crippen LogP contribution in [0.2, 0.25) is 10.0 Å². The largest absolute Gasteiger partial charge is 0.458 e. The van der Waals surface area contributed by atoms with E-state index in [2.05, 4.69) is 15.3 Å². The molecule has 0 bridgehead atoms. The minimum Gasteiger partial charge on any atom is -0.458 e. The molecule has 0 spiro atoms. The SMILES string of the molecule is CCC(CC)OC(=O)c1nn(C2C(=O)N(c3cc(Cl)cc(Cl)c3)N=C2C)nc1C. The van der Waals surface area contributed by atoms with E-state index in [-0.39, 0.29) is 17.7 Å². The highest BCUT2D eigenvalue weighted by Crippen LogP contribution is 2.31. The van der Waals surface area contributed by atoms with Gasteiger partial charge in [-0.05, 0) is 44.9 Å². The van der Waals surface area contributed by atoms with E-state index in [9.17, 15) is 9.59 Å². The van der Waals surface area contributed by atoms with Crippen molar-refractivity contribution in [2.75, 3.05) is 5.01 Å². The third-order valence-corrected chi connectivity index (χ3v) is 5.03. The number of aromatic nitrogens is 3. The molecule has 29 heavy (non-hydrogen) atoms. The number of hydrazone groups is 1. The minimum atomic E-state index is -0.874. The summed E-state index contributed by atoms with van der Waals surface area (Å²) in [7, 11) is 0. The molecule has 1 amide bonds. The first-order valence-corrected chi connectivity index (χ1v) is 10.00. The van der Waals surface area contributed by atoms with Crippen molar-refractivity contribution in [3.63, 3.8) is 0 Å². The number of aryl methyl sites for hydroxylation is 1. The molecule has 0 saturated heterocycles. The molecule has 0 radical (unpaired) electrons. The van der Waals surface area contributed by atoms with Gasteiger partial charge in [-0.2, -0.15) is 20.0 Å². The maximum atomic E-state index is 13.0. The molecule has 2 aromatic rings. The molecule has 2 heterocycles. The van der Waals surface area contributed by atoms with Gasteiger partial charge in [-0.1, -0.05) is 37.0 Å². The summed E-state index contributed by atoms with van der Waals surface area (Å²) in [6, 6.07) is 3.87. The van der Waals surface area contributed by atoms with E-state index in [1.807, 2.05) is 13.8 Å². The fourth-order valence-electron chi connectivity index (χ4n) is 3.03. The number of hydrogen-bond donors (Lipinski definition) is 0. The number of benzene rings is 1. The third kappa shape index (κ3) is 4.28. The van der Waals surface area contributed by atoms with Gasteiger partial charge in [0.2, 0.25) is 0 Å². The Morgan fingerprint density at radius 2 is 1.76 bits per heavy atom. The van der Waals surface area contributed by atoms with Gasteiger partial charge in [0.25, 0.3) is 5.91 Å². The number of amides is 1. The Labute approximate surface area is 178 Å². The summed E-state index contributed by atoms with van der Waals surface area (Å²) in [5.74, 6) is -0.934. The van der Waals surface area contributed by atoms with Crippen molar-refractivity contribution in [2.24, 2.45) is 5.10 Å². The van der Waals surface area contributed by atoms with Crippen molar-refractivity contribution in [3.8, 4) is 0 Å². The van der Waals surface area contributed by atoms with Gasteiger partial charge in [0.1, 0.15) is 6.10 Å². The molecule has 3 rings (SSSR count). The highest BCUT2D eigenvalue weighted by molar-refractivity contribution is 6.35. The molecule has 0 fully saturated rings. The van der Waals surface area contributed by atoms with Crippen LogP contribution in [0.1, 0.15) is 55.8 Å². The summed E-state index contributed by atoms with van der Waals surface area (Å²) in [4.78, 5) is 26.7. The van der Waals surface area contributed by atoms with Crippen molar-refractivity contribution in [1.29, 1.82) is 0 Å². The fraction of sp³-hybridized carbons (Fsp3) is 0.421. The summed E-state index contributed by atoms with van der Waals surface area (Å²) < 4.78 is 5.45. The Morgan fingerprint density at radius 3 is 2.34 bits per heavy atom. The molecule has 1 aliphatic heterocycles. The lowest BCUT2D eigenvalue weighted by atomic mass is 10.2. The number of nitrogens with zero attached hydrogens (tertiary/aromatic N) is 5. The third-order valence-electron chi connectivity index (χ3n) is 4.59. The number of halogens is 2. The topological polar surface area (TPSA) is 89.7 Å². The summed E-state index contributed by atoms with van der Waals surface area (Å²) in [6.07, 6.45) is 1.23. The van der Waals surface area contributed by atoms with Crippen LogP contribution in [0.15, 0.2) is 23.3 Å². The van der Waals surface area contributed by atoms with E-state index >= 15 is 0 Å². The molecule has 0 aliphatic carbocycles. The molecule has 1 unspecified atom stereocenters. The second kappa shape index (κ2) is 8.51. The molecule has 0 saturated carbocycles. The summed E-state index contributed by atoms with van der Waals surface area (Å²) in [5.41, 5.74) is 1.38. The first-order valence-electron chi connectivity index (χ1n) is 9.24. The van der Waals surface area contributed by atoms with Gasteiger partial charge in [-0.15, -0.1) is 5.10 Å². The van der Waals surface area contributed by atoms with Gasteiger partial charge in [0.15, 0.2) is 11.7 Å². The Hall–Kier alpha value is -2.45. The molecule has 8 nitrogen and oxygen atoms in total. The zero-order chi connectivity index (χ0) is 21.3. The second-order valence-corrected chi connectivity index (χ2v) is 7.59. The number of carbonyl (C=O) groups is 2. The zero-order valence-corrected chi connectivity index (χ0v) is 18.0. The van der Waals surface area contributed by atoms with Gasteiger partial charge in [-0.3, -0.25) is 4.79 Å². The van der Waals surface area contributed by atoms with Gasteiger partial charge < -0.3 is 4.74 Å². The van der Waals surface area contributed by atoms with E-state index in [4.69, 9.17) is 27.9 Å². The predicted octanol–water partition coefficient (Wildman–Crippen LogP) is 4.20. The van der Waals surface area contributed by atoms with Crippen LogP contribution in [0.3, 0.4) is 0 Å². The molecular formula is C19H21Cl2N5O3. The number of ether oxygens (including phenoxy) is 1. The van der Waals surface area contributed by atoms with E-state index in [0.717, 1.165) is 0 Å². The number of esters is 1. The summed E-state index contributed by atoms with van der Waals surface area (Å²) in [5, 5.41) is 14.8. The maximum absolute atomic E-state index is 13.0. The number of rotatable bonds is 6. The van der Waals surface area contributed by atoms with E-state index in [1.165, 1.54) is 9.81 Å². The normalized spacial score (nSPS) is 16.5. The Kier molecular flexibility index (Phi) is 6.24. The number of anilines is 1. The molecule has 0 N–H and O–H groups in total. The smallest absolute Gasteiger partial charge is 0.361 e. The van der Waals surface area contributed by atoms with Crippen LogP contribution in [0, 0.1) is 6.92 Å². The monoisotopic (exact) mass is 437 g/mol. The minimum absolute atomic E-state index is 0.0850. The fourth-order valence-corrected chi connectivity index (χ4v) is 3.55. The van der Waals surface area contributed by atoms with Crippen molar-refractivity contribution >= 4 is 46.5 Å². The number of carbonyl (C=O) groups excluding carboxylic acids is 2. The van der Waals surface area contributed by atoms with Crippen LogP contribution < -0.4 is 5.01 Å². The molecule has 1 aliphatic rings. The van der Waals surface area contributed by atoms with Gasteiger partial charge in [-0.25, -0.2) is 4.79 Å². The Bertz CT molecular complexity index is 964. The zero-order valence-electron chi connectivity index (χ0n) is 16.5. The predicted molar refractivity (Wildman–Crippen MR) is 111 cm³/mol. The lowest BCUT2D eigenvalue weighted by Crippen LogP contribution is -2.31. The first kappa shape index (κ1) is 21.3. The summed E-state index contributed by atoms with van der Waals surface area (Å²) in [6.45, 7) is 7.22. The van der Waals surface area contributed by atoms with Crippen molar-refractivity contribution in [1.82, 2.24) is 15.0 Å². The Morgan fingerprint density at radius 1 is 1.14 bits per heavy atom. The first-order chi connectivity index (χ1) is 13.7. The average Bonchev–Trinajstić information content (AvgIpc) is 3.17. The van der Waals surface area contributed by atoms with E-state index in [0.29, 0.717) is 40.0 Å². The lowest BCUT2D eigenvalue weighted by molar-refractivity contribution is -0.119. The van der Waals surface area contributed by atoms with E-state index in [1.54, 1.807) is 32.0 Å². The molecule has 1 aromatic heterocycles. The van der Waals surface area contributed by atoms with Gasteiger partial charge >= 0.3 is 5.97 Å². The maximum Gasteiger partial charge on any atom is 0.361 e. The van der Waals surface area contributed by atoms with Crippen LogP contribution in [0.5, 0.6) is 0 Å². The van der Waals surface area contributed by atoms with Crippen LogP contribution in [0.4, 0.5) is 5.69 Å². The molecule has 154 valence electrons. The van der Waals surface area contributed by atoms with Crippen molar-refractivity contribution in [2.45, 2.75) is 52.7 Å². The van der Waals surface area contributed by atoms with Crippen LogP contribution >= 0.6 is 23.2 Å². The van der Waals surface area contributed by atoms with Crippen molar-refractivity contribution < 1.29 is 14.3 Å².